The van der Waals surface area contributed by atoms with Crippen LogP contribution in [-0.2, 0) is 23.0 Å². The standard InChI is InChI=1S/C17H21N5O3S/c23-17(16-12-14-4-1-2-7-22(14)19-16)20-8-10-21(11-9-20)26(24,25)15-5-3-6-18-13-15/h3,5-6,12-13H,1-2,4,7-11H2. The minimum Gasteiger partial charge on any atom is -0.335 e. The highest BCUT2D eigenvalue weighted by molar-refractivity contribution is 7.89. The first-order chi connectivity index (χ1) is 12.6. The second-order valence-corrected chi connectivity index (χ2v) is 8.52. The van der Waals surface area contributed by atoms with E-state index in [1.54, 1.807) is 17.2 Å². The summed E-state index contributed by atoms with van der Waals surface area (Å²) in [5, 5.41) is 4.43. The Labute approximate surface area is 152 Å². The molecule has 1 saturated heterocycles. The number of pyridine rings is 1. The van der Waals surface area contributed by atoms with Gasteiger partial charge in [0.25, 0.3) is 5.91 Å². The van der Waals surface area contributed by atoms with Gasteiger partial charge in [-0.05, 0) is 37.5 Å². The average Bonchev–Trinajstić information content (AvgIpc) is 3.12. The normalized spacial score (nSPS) is 18.5. The summed E-state index contributed by atoms with van der Waals surface area (Å²) < 4.78 is 28.6. The highest BCUT2D eigenvalue weighted by Crippen LogP contribution is 2.19. The van der Waals surface area contributed by atoms with Gasteiger partial charge in [0.05, 0.1) is 0 Å². The molecule has 0 unspecified atom stereocenters. The topological polar surface area (TPSA) is 88.4 Å². The van der Waals surface area contributed by atoms with Gasteiger partial charge in [-0.1, -0.05) is 0 Å². The molecule has 2 aromatic heterocycles. The van der Waals surface area contributed by atoms with Gasteiger partial charge in [-0.15, -0.1) is 0 Å². The number of hydrogen-bond acceptors (Lipinski definition) is 5. The number of carbonyl (C=O) groups excluding carboxylic acids is 1. The molecule has 26 heavy (non-hydrogen) atoms. The minimum absolute atomic E-state index is 0.120. The van der Waals surface area contributed by atoms with Gasteiger partial charge >= 0.3 is 0 Å². The number of aryl methyl sites for hydroxylation is 2. The molecule has 1 fully saturated rings. The molecular weight excluding hydrogens is 354 g/mol. The maximum Gasteiger partial charge on any atom is 0.274 e. The largest absolute Gasteiger partial charge is 0.335 e. The van der Waals surface area contributed by atoms with Crippen molar-refractivity contribution in [3.63, 3.8) is 0 Å². The predicted molar refractivity (Wildman–Crippen MR) is 94.1 cm³/mol. The number of piperazine rings is 1. The first kappa shape index (κ1) is 17.2. The molecule has 8 nitrogen and oxygen atoms in total. The molecule has 1 amide bonds. The fourth-order valence-corrected chi connectivity index (χ4v) is 4.85. The van der Waals surface area contributed by atoms with Crippen LogP contribution in [0.3, 0.4) is 0 Å². The van der Waals surface area contributed by atoms with E-state index in [-0.39, 0.29) is 23.9 Å². The van der Waals surface area contributed by atoms with Crippen LogP contribution in [0.2, 0.25) is 0 Å². The van der Waals surface area contributed by atoms with Crippen molar-refractivity contribution in [3.05, 3.63) is 42.0 Å². The Morgan fingerprint density at radius 1 is 1.08 bits per heavy atom. The number of carbonyl (C=O) groups is 1. The van der Waals surface area contributed by atoms with Crippen LogP contribution in [0.4, 0.5) is 0 Å². The smallest absolute Gasteiger partial charge is 0.274 e. The van der Waals surface area contributed by atoms with Crippen molar-refractivity contribution in [1.29, 1.82) is 0 Å². The van der Waals surface area contributed by atoms with Gasteiger partial charge < -0.3 is 4.90 Å². The van der Waals surface area contributed by atoms with Crippen LogP contribution >= 0.6 is 0 Å². The van der Waals surface area contributed by atoms with Gasteiger partial charge in [-0.2, -0.15) is 9.40 Å². The molecule has 0 atom stereocenters. The number of rotatable bonds is 3. The molecular formula is C17H21N5O3S. The summed E-state index contributed by atoms with van der Waals surface area (Å²) in [7, 11) is -3.56. The SMILES string of the molecule is O=C(c1cc2n(n1)CCCC2)N1CCN(S(=O)(=O)c2cccnc2)CC1. The lowest BCUT2D eigenvalue weighted by Crippen LogP contribution is -2.50. The third-order valence-corrected chi connectivity index (χ3v) is 6.82. The van der Waals surface area contributed by atoms with Crippen molar-refractivity contribution < 1.29 is 13.2 Å². The van der Waals surface area contributed by atoms with Crippen LogP contribution in [0.15, 0.2) is 35.5 Å². The zero-order valence-corrected chi connectivity index (χ0v) is 15.2. The van der Waals surface area contributed by atoms with Crippen LogP contribution in [0, 0.1) is 0 Å². The number of sulfonamides is 1. The third-order valence-electron chi connectivity index (χ3n) is 4.93. The summed E-state index contributed by atoms with van der Waals surface area (Å²) in [5.74, 6) is -0.120. The first-order valence-electron chi connectivity index (χ1n) is 8.82. The Morgan fingerprint density at radius 3 is 2.58 bits per heavy atom. The number of aromatic nitrogens is 3. The summed E-state index contributed by atoms with van der Waals surface area (Å²) in [5.41, 5.74) is 1.57. The van der Waals surface area contributed by atoms with Crippen LogP contribution in [-0.4, -0.2) is 64.5 Å². The maximum absolute atomic E-state index is 12.7. The Bertz CT molecular complexity index is 878. The highest BCUT2D eigenvalue weighted by atomic mass is 32.2. The molecule has 2 aliphatic rings. The lowest BCUT2D eigenvalue weighted by Gasteiger charge is -2.33. The van der Waals surface area contributed by atoms with Gasteiger partial charge in [-0.25, -0.2) is 8.42 Å². The number of nitrogens with zero attached hydrogens (tertiary/aromatic N) is 5. The van der Waals surface area contributed by atoms with Crippen molar-refractivity contribution in [2.75, 3.05) is 26.2 Å². The van der Waals surface area contributed by atoms with Crippen molar-refractivity contribution in [2.45, 2.75) is 30.7 Å². The van der Waals surface area contributed by atoms with Crippen molar-refractivity contribution in [2.24, 2.45) is 0 Å². The molecule has 0 bridgehead atoms. The fraction of sp³-hybridized carbons (Fsp3) is 0.471. The maximum atomic E-state index is 12.7. The quantitative estimate of drug-likeness (QED) is 0.790. The number of hydrogen-bond donors (Lipinski definition) is 0. The summed E-state index contributed by atoms with van der Waals surface area (Å²) in [4.78, 5) is 18.5. The summed E-state index contributed by atoms with van der Waals surface area (Å²) >= 11 is 0. The highest BCUT2D eigenvalue weighted by Gasteiger charge is 2.31. The molecule has 2 aliphatic heterocycles. The Morgan fingerprint density at radius 2 is 1.88 bits per heavy atom. The Balaban J connectivity index is 1.43. The first-order valence-corrected chi connectivity index (χ1v) is 10.3. The average molecular weight is 375 g/mol. The van der Waals surface area contributed by atoms with E-state index in [1.807, 2.05) is 10.7 Å². The summed E-state index contributed by atoms with van der Waals surface area (Å²) in [6.45, 7) is 2.13. The van der Waals surface area contributed by atoms with Crippen LogP contribution < -0.4 is 0 Å². The molecule has 0 N–H and O–H groups in total. The van der Waals surface area contributed by atoms with Gasteiger partial charge in [0, 0.05) is 50.8 Å². The zero-order chi connectivity index (χ0) is 18.1. The summed E-state index contributed by atoms with van der Waals surface area (Å²) in [6, 6.07) is 5.02. The van der Waals surface area contributed by atoms with Gasteiger partial charge in [-0.3, -0.25) is 14.5 Å². The van der Waals surface area contributed by atoms with Gasteiger partial charge in [0.1, 0.15) is 4.90 Å². The second kappa shape index (κ2) is 6.81. The lowest BCUT2D eigenvalue weighted by atomic mass is 10.1. The molecule has 9 heteroatoms. The second-order valence-electron chi connectivity index (χ2n) is 6.59. The lowest BCUT2D eigenvalue weighted by molar-refractivity contribution is 0.0691. The van der Waals surface area contributed by atoms with E-state index in [0.29, 0.717) is 18.8 Å². The minimum atomic E-state index is -3.56. The van der Waals surface area contributed by atoms with E-state index in [0.717, 1.165) is 31.5 Å². The fourth-order valence-electron chi connectivity index (χ4n) is 3.46. The monoisotopic (exact) mass is 375 g/mol. The molecule has 4 heterocycles. The van der Waals surface area contributed by atoms with E-state index < -0.39 is 10.0 Å². The Kier molecular flexibility index (Phi) is 4.49. The van der Waals surface area contributed by atoms with E-state index in [9.17, 15) is 13.2 Å². The molecule has 0 aromatic carbocycles. The van der Waals surface area contributed by atoms with E-state index in [4.69, 9.17) is 0 Å². The van der Waals surface area contributed by atoms with E-state index >= 15 is 0 Å². The molecule has 0 radical (unpaired) electrons. The zero-order valence-electron chi connectivity index (χ0n) is 14.4. The third kappa shape index (κ3) is 3.12. The molecule has 2 aromatic rings. The van der Waals surface area contributed by atoms with E-state index in [1.165, 1.54) is 16.6 Å². The molecule has 0 aliphatic carbocycles. The van der Waals surface area contributed by atoms with Crippen LogP contribution in [0.5, 0.6) is 0 Å². The number of amides is 1. The molecule has 0 spiro atoms. The molecule has 138 valence electrons. The predicted octanol–water partition coefficient (Wildman–Crippen LogP) is 0.761. The molecule has 4 rings (SSSR count). The van der Waals surface area contributed by atoms with Crippen LogP contribution in [0.1, 0.15) is 29.0 Å². The van der Waals surface area contributed by atoms with E-state index in [2.05, 4.69) is 10.1 Å². The van der Waals surface area contributed by atoms with Crippen molar-refractivity contribution in [3.8, 4) is 0 Å². The van der Waals surface area contributed by atoms with Crippen LogP contribution in [0.25, 0.3) is 0 Å². The van der Waals surface area contributed by atoms with Gasteiger partial charge in [0.2, 0.25) is 10.0 Å². The van der Waals surface area contributed by atoms with Crippen molar-refractivity contribution in [1.82, 2.24) is 24.0 Å². The van der Waals surface area contributed by atoms with Crippen molar-refractivity contribution >= 4 is 15.9 Å². The Hall–Kier alpha value is -2.26. The number of fused-ring (bicyclic) bond motifs is 1. The molecule has 0 saturated carbocycles. The summed E-state index contributed by atoms with van der Waals surface area (Å²) in [6.07, 6.45) is 6.07. The van der Waals surface area contributed by atoms with Gasteiger partial charge in [0.15, 0.2) is 5.69 Å².